The van der Waals surface area contributed by atoms with Gasteiger partial charge in [0.1, 0.15) is 10.8 Å². The van der Waals surface area contributed by atoms with Crippen LogP contribution < -0.4 is 10.1 Å². The fraction of sp³-hybridized carbons (Fsp3) is 0.357. The van der Waals surface area contributed by atoms with E-state index in [1.165, 1.54) is 11.3 Å². The van der Waals surface area contributed by atoms with Crippen molar-refractivity contribution >= 4 is 22.4 Å². The third-order valence-electron chi connectivity index (χ3n) is 2.61. The van der Waals surface area contributed by atoms with Gasteiger partial charge in [-0.05, 0) is 31.5 Å². The van der Waals surface area contributed by atoms with Crippen LogP contribution in [0.15, 0.2) is 24.3 Å². The van der Waals surface area contributed by atoms with E-state index in [9.17, 15) is 4.79 Å². The third-order valence-corrected chi connectivity index (χ3v) is 3.36. The molecule has 0 fully saturated rings. The Bertz CT molecular complexity index is 583. The van der Waals surface area contributed by atoms with Crippen LogP contribution in [0.25, 0.3) is 0 Å². The van der Waals surface area contributed by atoms with Gasteiger partial charge in [0.15, 0.2) is 0 Å². The maximum absolute atomic E-state index is 12.1. The third kappa shape index (κ3) is 4.03. The summed E-state index contributed by atoms with van der Waals surface area (Å²) < 4.78 is 5.59. The van der Waals surface area contributed by atoms with Gasteiger partial charge in [-0.1, -0.05) is 30.7 Å². The van der Waals surface area contributed by atoms with Gasteiger partial charge in [-0.3, -0.25) is 10.1 Å². The maximum Gasteiger partial charge on any atom is 0.257 e. The molecule has 0 spiro atoms. The van der Waals surface area contributed by atoms with Crippen molar-refractivity contribution in [3.05, 3.63) is 34.8 Å². The lowest BCUT2D eigenvalue weighted by atomic mass is 10.2. The summed E-state index contributed by atoms with van der Waals surface area (Å²) in [6.45, 7) is 4.62. The molecule has 5 nitrogen and oxygen atoms in total. The fourth-order valence-electron chi connectivity index (χ4n) is 1.58. The van der Waals surface area contributed by atoms with Crippen LogP contribution in [0.5, 0.6) is 5.75 Å². The number of nitrogens with zero attached hydrogens (tertiary/aromatic N) is 2. The molecule has 106 valence electrons. The second kappa shape index (κ2) is 7.00. The Labute approximate surface area is 122 Å². The van der Waals surface area contributed by atoms with Crippen LogP contribution in [-0.4, -0.2) is 22.7 Å². The van der Waals surface area contributed by atoms with Gasteiger partial charge in [-0.2, -0.15) is 0 Å². The highest BCUT2D eigenvalue weighted by Gasteiger charge is 2.09. The van der Waals surface area contributed by atoms with E-state index < -0.39 is 0 Å². The summed E-state index contributed by atoms with van der Waals surface area (Å²) in [4.78, 5) is 12.1. The SMILES string of the molecule is CCCCOc1cccc(C(=O)Nc2nnc(C)s2)c1. The van der Waals surface area contributed by atoms with Gasteiger partial charge in [0.2, 0.25) is 5.13 Å². The molecule has 0 saturated heterocycles. The molecule has 0 saturated carbocycles. The van der Waals surface area contributed by atoms with Gasteiger partial charge in [-0.15, -0.1) is 10.2 Å². The van der Waals surface area contributed by atoms with E-state index in [-0.39, 0.29) is 5.91 Å². The molecule has 2 aromatic rings. The number of carbonyl (C=O) groups is 1. The molecule has 1 heterocycles. The summed E-state index contributed by atoms with van der Waals surface area (Å²) in [6, 6.07) is 7.14. The lowest BCUT2D eigenvalue weighted by molar-refractivity contribution is 0.102. The molecule has 0 bridgehead atoms. The quantitative estimate of drug-likeness (QED) is 0.830. The lowest BCUT2D eigenvalue weighted by Crippen LogP contribution is -2.11. The zero-order valence-corrected chi connectivity index (χ0v) is 12.4. The highest BCUT2D eigenvalue weighted by Crippen LogP contribution is 2.17. The smallest absolute Gasteiger partial charge is 0.257 e. The van der Waals surface area contributed by atoms with Crippen molar-refractivity contribution in [2.24, 2.45) is 0 Å². The normalized spacial score (nSPS) is 10.3. The van der Waals surface area contributed by atoms with Crippen molar-refractivity contribution in [1.29, 1.82) is 0 Å². The molecule has 6 heteroatoms. The molecule has 0 aliphatic carbocycles. The minimum atomic E-state index is -0.206. The molecule has 20 heavy (non-hydrogen) atoms. The number of benzene rings is 1. The molecule has 1 N–H and O–H groups in total. The van der Waals surface area contributed by atoms with Crippen molar-refractivity contribution < 1.29 is 9.53 Å². The molecule has 1 aromatic carbocycles. The van der Waals surface area contributed by atoms with Crippen LogP contribution in [0.2, 0.25) is 0 Å². The number of hydrogen-bond acceptors (Lipinski definition) is 5. The summed E-state index contributed by atoms with van der Waals surface area (Å²) in [6.07, 6.45) is 2.08. The number of aromatic nitrogens is 2. The van der Waals surface area contributed by atoms with Gasteiger partial charge < -0.3 is 4.74 Å². The Kier molecular flexibility index (Phi) is 5.06. The molecule has 2 rings (SSSR count). The van der Waals surface area contributed by atoms with Crippen LogP contribution in [0, 0.1) is 6.92 Å². The predicted octanol–water partition coefficient (Wildman–Crippen LogP) is 3.28. The fourth-order valence-corrected chi connectivity index (χ4v) is 2.16. The first kappa shape index (κ1) is 14.5. The van der Waals surface area contributed by atoms with E-state index in [2.05, 4.69) is 22.4 Å². The van der Waals surface area contributed by atoms with Crippen molar-refractivity contribution in [2.45, 2.75) is 26.7 Å². The number of anilines is 1. The molecule has 0 aliphatic heterocycles. The number of carbonyl (C=O) groups excluding carboxylic acids is 1. The van der Waals surface area contributed by atoms with Gasteiger partial charge in [0.05, 0.1) is 6.61 Å². The van der Waals surface area contributed by atoms with Crippen LogP contribution >= 0.6 is 11.3 Å². The van der Waals surface area contributed by atoms with Crippen molar-refractivity contribution in [3.63, 3.8) is 0 Å². The van der Waals surface area contributed by atoms with Crippen LogP contribution in [0.4, 0.5) is 5.13 Å². The second-order valence-electron chi connectivity index (χ2n) is 4.31. The molecule has 0 radical (unpaired) electrons. The minimum absolute atomic E-state index is 0.206. The molecule has 1 aromatic heterocycles. The van der Waals surface area contributed by atoms with Gasteiger partial charge >= 0.3 is 0 Å². The largest absolute Gasteiger partial charge is 0.494 e. The average Bonchev–Trinajstić information content (AvgIpc) is 2.85. The number of nitrogens with one attached hydrogen (secondary N) is 1. The highest BCUT2D eigenvalue weighted by molar-refractivity contribution is 7.15. The van der Waals surface area contributed by atoms with Crippen molar-refractivity contribution in [3.8, 4) is 5.75 Å². The monoisotopic (exact) mass is 291 g/mol. The number of amides is 1. The Balaban J connectivity index is 2.00. The summed E-state index contributed by atoms with van der Waals surface area (Å²) in [5, 5.41) is 11.8. The number of unbranched alkanes of at least 4 members (excludes halogenated alkanes) is 1. The molecule has 1 amide bonds. The number of ether oxygens (including phenoxy) is 1. The molecule has 0 atom stereocenters. The number of hydrogen-bond donors (Lipinski definition) is 1. The standard InChI is InChI=1S/C14H17N3O2S/c1-3-4-8-19-12-7-5-6-11(9-12)13(18)15-14-17-16-10(2)20-14/h5-7,9H,3-4,8H2,1-2H3,(H,15,17,18). The van der Waals surface area contributed by atoms with Crippen LogP contribution in [0.1, 0.15) is 35.1 Å². The molecular formula is C14H17N3O2S. The van der Waals surface area contributed by atoms with Crippen LogP contribution in [0.3, 0.4) is 0 Å². The molecular weight excluding hydrogens is 274 g/mol. The lowest BCUT2D eigenvalue weighted by Gasteiger charge is -2.07. The Hall–Kier alpha value is -1.95. The first-order valence-electron chi connectivity index (χ1n) is 6.53. The first-order chi connectivity index (χ1) is 9.69. The molecule has 0 unspecified atom stereocenters. The highest BCUT2D eigenvalue weighted by atomic mass is 32.1. The summed E-state index contributed by atoms with van der Waals surface area (Å²) in [7, 11) is 0. The summed E-state index contributed by atoms with van der Waals surface area (Å²) in [5.41, 5.74) is 0.548. The van der Waals surface area contributed by atoms with Crippen molar-refractivity contribution in [2.75, 3.05) is 11.9 Å². The summed E-state index contributed by atoms with van der Waals surface area (Å²) >= 11 is 1.35. The maximum atomic E-state index is 12.1. The van der Waals surface area contributed by atoms with E-state index in [1.54, 1.807) is 12.1 Å². The van der Waals surface area contributed by atoms with E-state index in [4.69, 9.17) is 4.74 Å². The number of aryl methyl sites for hydroxylation is 1. The van der Waals surface area contributed by atoms with Gasteiger partial charge in [0, 0.05) is 5.56 Å². The zero-order chi connectivity index (χ0) is 14.4. The van der Waals surface area contributed by atoms with E-state index >= 15 is 0 Å². The van der Waals surface area contributed by atoms with E-state index in [0.29, 0.717) is 23.1 Å². The van der Waals surface area contributed by atoms with E-state index in [0.717, 1.165) is 17.8 Å². The van der Waals surface area contributed by atoms with Crippen LogP contribution in [-0.2, 0) is 0 Å². The Morgan fingerprint density at radius 1 is 1.40 bits per heavy atom. The average molecular weight is 291 g/mol. The predicted molar refractivity (Wildman–Crippen MR) is 79.4 cm³/mol. The molecule has 0 aliphatic rings. The zero-order valence-electron chi connectivity index (χ0n) is 11.5. The van der Waals surface area contributed by atoms with Gasteiger partial charge in [0.25, 0.3) is 5.91 Å². The Morgan fingerprint density at radius 2 is 2.25 bits per heavy atom. The first-order valence-corrected chi connectivity index (χ1v) is 7.35. The number of rotatable bonds is 6. The summed E-state index contributed by atoms with van der Waals surface area (Å²) in [5.74, 6) is 0.502. The Morgan fingerprint density at radius 3 is 2.95 bits per heavy atom. The van der Waals surface area contributed by atoms with Crippen molar-refractivity contribution in [1.82, 2.24) is 10.2 Å². The van der Waals surface area contributed by atoms with E-state index in [1.807, 2.05) is 19.1 Å². The topological polar surface area (TPSA) is 64.1 Å². The van der Waals surface area contributed by atoms with Gasteiger partial charge in [-0.25, -0.2) is 0 Å². The second-order valence-corrected chi connectivity index (χ2v) is 5.49. The minimum Gasteiger partial charge on any atom is -0.494 e.